The van der Waals surface area contributed by atoms with Crippen LogP contribution < -0.4 is 20.9 Å². The smallest absolute Gasteiger partial charge is 0.130 e. The summed E-state index contributed by atoms with van der Waals surface area (Å²) in [5.74, 6) is 5.33. The molecule has 256 valence electrons. The minimum Gasteiger partial charge on any atom is -0.457 e. The number of benzene rings is 4. The molecule has 4 aromatic carbocycles. The fourth-order valence-electron chi connectivity index (χ4n) is 7.84. The molecule has 0 amide bonds. The maximum atomic E-state index is 6.55. The molecule has 4 heteroatoms. The standard InChI is InChI=1S/C44H58N2O2/c1-8-10-12-33-26-39(30(5)24-42(33)47-37-18-14-35(45)15-19-37)41-27-32(29(3)4)22-23-44(41,7)40-28-34(13-11-9-2)43(25-31(40)6)48-38-20-16-36(46)17-21-38/h14-21,24-26,28-29,32,41H,8-13,22-23,27,45-46H2,1-7H3. The van der Waals surface area contributed by atoms with Crippen LogP contribution in [0.3, 0.4) is 0 Å². The molecule has 3 unspecified atom stereocenters. The number of nitrogen functional groups attached to an aromatic ring is 2. The summed E-state index contributed by atoms with van der Waals surface area (Å²) in [6.07, 6.45) is 10.2. The molecule has 3 atom stereocenters. The van der Waals surface area contributed by atoms with Crippen molar-refractivity contribution in [2.75, 3.05) is 11.5 Å². The van der Waals surface area contributed by atoms with Gasteiger partial charge in [-0.1, -0.05) is 59.6 Å². The van der Waals surface area contributed by atoms with Crippen molar-refractivity contribution in [3.63, 3.8) is 0 Å². The summed E-state index contributed by atoms with van der Waals surface area (Å²) >= 11 is 0. The van der Waals surface area contributed by atoms with Crippen LogP contribution in [0.2, 0.25) is 0 Å². The van der Waals surface area contributed by atoms with Gasteiger partial charge in [0, 0.05) is 11.4 Å². The van der Waals surface area contributed by atoms with Crippen molar-refractivity contribution in [1.29, 1.82) is 0 Å². The third kappa shape index (κ3) is 8.02. The molecule has 48 heavy (non-hydrogen) atoms. The molecule has 0 heterocycles. The summed E-state index contributed by atoms with van der Waals surface area (Å²) in [7, 11) is 0. The van der Waals surface area contributed by atoms with Gasteiger partial charge in [-0.2, -0.15) is 0 Å². The van der Waals surface area contributed by atoms with Crippen molar-refractivity contribution in [3.8, 4) is 23.0 Å². The molecular weight excluding hydrogens is 588 g/mol. The second-order valence-corrected chi connectivity index (χ2v) is 14.9. The Morgan fingerprint density at radius 2 is 1.23 bits per heavy atom. The average molecular weight is 647 g/mol. The van der Waals surface area contributed by atoms with Gasteiger partial charge in [0.1, 0.15) is 23.0 Å². The average Bonchev–Trinajstić information content (AvgIpc) is 3.06. The highest BCUT2D eigenvalue weighted by atomic mass is 16.5. The van der Waals surface area contributed by atoms with Crippen LogP contribution in [0, 0.1) is 25.7 Å². The van der Waals surface area contributed by atoms with Crippen molar-refractivity contribution < 1.29 is 9.47 Å². The molecule has 0 bridgehead atoms. The molecule has 1 aliphatic carbocycles. The summed E-state index contributed by atoms with van der Waals surface area (Å²) in [6, 6.07) is 25.1. The summed E-state index contributed by atoms with van der Waals surface area (Å²) in [6.45, 7) is 16.5. The van der Waals surface area contributed by atoms with Crippen LogP contribution in [-0.2, 0) is 18.3 Å². The lowest BCUT2D eigenvalue weighted by molar-refractivity contribution is 0.171. The minimum absolute atomic E-state index is 0.0116. The Kier molecular flexibility index (Phi) is 11.5. The van der Waals surface area contributed by atoms with Gasteiger partial charge in [0.05, 0.1) is 0 Å². The van der Waals surface area contributed by atoms with Gasteiger partial charge in [-0.25, -0.2) is 0 Å². The molecule has 4 nitrogen and oxygen atoms in total. The topological polar surface area (TPSA) is 70.5 Å². The Labute approximate surface area is 290 Å². The summed E-state index contributed by atoms with van der Waals surface area (Å²) in [5.41, 5.74) is 21.6. The minimum atomic E-state index is -0.0116. The number of aryl methyl sites for hydroxylation is 4. The number of rotatable bonds is 13. The Hall–Kier alpha value is -3.92. The zero-order valence-electron chi connectivity index (χ0n) is 30.5. The van der Waals surface area contributed by atoms with Crippen LogP contribution in [0.4, 0.5) is 11.4 Å². The first kappa shape index (κ1) is 35.4. The molecule has 4 aromatic rings. The van der Waals surface area contributed by atoms with E-state index >= 15 is 0 Å². The Balaban J connectivity index is 1.60. The number of anilines is 2. The van der Waals surface area contributed by atoms with Crippen molar-refractivity contribution in [2.24, 2.45) is 11.8 Å². The van der Waals surface area contributed by atoms with E-state index in [0.717, 1.165) is 72.9 Å². The molecule has 0 radical (unpaired) electrons. The zero-order chi connectivity index (χ0) is 34.4. The lowest BCUT2D eigenvalue weighted by Crippen LogP contribution is -2.39. The second-order valence-electron chi connectivity index (χ2n) is 14.9. The monoisotopic (exact) mass is 646 g/mol. The van der Waals surface area contributed by atoms with E-state index < -0.39 is 0 Å². The van der Waals surface area contributed by atoms with Crippen molar-refractivity contribution in [1.82, 2.24) is 0 Å². The molecule has 0 aromatic heterocycles. The van der Waals surface area contributed by atoms with Crippen LogP contribution in [0.5, 0.6) is 23.0 Å². The summed E-state index contributed by atoms with van der Waals surface area (Å²) in [5, 5.41) is 0. The van der Waals surface area contributed by atoms with Gasteiger partial charge >= 0.3 is 0 Å². The van der Waals surface area contributed by atoms with E-state index in [-0.39, 0.29) is 5.41 Å². The number of hydrogen-bond donors (Lipinski definition) is 2. The van der Waals surface area contributed by atoms with E-state index in [1.165, 1.54) is 52.6 Å². The van der Waals surface area contributed by atoms with E-state index in [4.69, 9.17) is 20.9 Å². The number of ether oxygens (including phenoxy) is 2. The number of hydrogen-bond acceptors (Lipinski definition) is 4. The SMILES string of the molecule is CCCCc1cc(C2CC(C(C)C)CCC2(C)c2cc(CCCC)c(Oc3ccc(N)cc3)cc2C)c(C)cc1Oc1ccc(N)cc1. The van der Waals surface area contributed by atoms with Crippen molar-refractivity contribution in [3.05, 3.63) is 106 Å². The van der Waals surface area contributed by atoms with E-state index in [1.54, 1.807) is 0 Å². The molecule has 1 aliphatic rings. The van der Waals surface area contributed by atoms with E-state index in [2.05, 4.69) is 72.7 Å². The lowest BCUT2D eigenvalue weighted by atomic mass is 9.56. The maximum Gasteiger partial charge on any atom is 0.130 e. The maximum absolute atomic E-state index is 6.55. The zero-order valence-corrected chi connectivity index (χ0v) is 30.5. The van der Waals surface area contributed by atoms with Crippen molar-refractivity contribution >= 4 is 11.4 Å². The summed E-state index contributed by atoms with van der Waals surface area (Å²) in [4.78, 5) is 0. The fraction of sp³-hybridized carbons (Fsp3) is 0.455. The van der Waals surface area contributed by atoms with Crippen LogP contribution in [0.15, 0.2) is 72.8 Å². The van der Waals surface area contributed by atoms with Crippen LogP contribution >= 0.6 is 0 Å². The third-order valence-electron chi connectivity index (χ3n) is 10.9. The van der Waals surface area contributed by atoms with Gasteiger partial charge < -0.3 is 20.9 Å². The number of unbranched alkanes of at least 4 members (excludes halogenated alkanes) is 2. The van der Waals surface area contributed by atoms with Crippen LogP contribution in [0.25, 0.3) is 0 Å². The second kappa shape index (κ2) is 15.5. The van der Waals surface area contributed by atoms with E-state index in [0.29, 0.717) is 17.8 Å². The molecule has 0 saturated heterocycles. The third-order valence-corrected chi connectivity index (χ3v) is 10.9. The largest absolute Gasteiger partial charge is 0.457 e. The molecular formula is C44H58N2O2. The van der Waals surface area contributed by atoms with Crippen LogP contribution in [-0.4, -0.2) is 0 Å². The van der Waals surface area contributed by atoms with Gasteiger partial charge in [-0.3, -0.25) is 0 Å². The molecule has 4 N–H and O–H groups in total. The van der Waals surface area contributed by atoms with E-state index in [1.807, 2.05) is 48.5 Å². The molecule has 1 saturated carbocycles. The fourth-order valence-corrected chi connectivity index (χ4v) is 7.84. The van der Waals surface area contributed by atoms with Gasteiger partial charge in [0.2, 0.25) is 0 Å². The van der Waals surface area contributed by atoms with Crippen molar-refractivity contribution in [2.45, 2.75) is 118 Å². The van der Waals surface area contributed by atoms with Crippen LogP contribution in [0.1, 0.15) is 119 Å². The summed E-state index contributed by atoms with van der Waals surface area (Å²) < 4.78 is 13.1. The predicted molar refractivity (Wildman–Crippen MR) is 204 cm³/mol. The highest BCUT2D eigenvalue weighted by Gasteiger charge is 2.44. The first-order valence-electron chi connectivity index (χ1n) is 18.4. The first-order valence-corrected chi connectivity index (χ1v) is 18.4. The lowest BCUT2D eigenvalue weighted by Gasteiger charge is -2.48. The highest BCUT2D eigenvalue weighted by Crippen LogP contribution is 2.54. The number of nitrogens with two attached hydrogens (primary N) is 2. The first-order chi connectivity index (χ1) is 23.0. The van der Waals surface area contributed by atoms with E-state index in [9.17, 15) is 0 Å². The normalized spacial score (nSPS) is 19.4. The quantitative estimate of drug-likeness (QED) is 0.142. The molecule has 0 spiro atoms. The molecule has 1 fully saturated rings. The van der Waals surface area contributed by atoms with Gasteiger partial charge in [0.15, 0.2) is 0 Å². The predicted octanol–water partition coefficient (Wildman–Crippen LogP) is 12.2. The van der Waals surface area contributed by atoms with Gasteiger partial charge in [0.25, 0.3) is 0 Å². The molecule has 5 rings (SSSR count). The van der Waals surface area contributed by atoms with Gasteiger partial charge in [-0.05, 0) is 176 Å². The highest BCUT2D eigenvalue weighted by molar-refractivity contribution is 5.53. The Bertz CT molecular complexity index is 1660. The Morgan fingerprint density at radius 1 is 0.729 bits per heavy atom. The Morgan fingerprint density at radius 3 is 1.73 bits per heavy atom. The van der Waals surface area contributed by atoms with Gasteiger partial charge in [-0.15, -0.1) is 0 Å². The molecule has 0 aliphatic heterocycles.